The number of nitrogens with zero attached hydrogens (tertiary/aromatic N) is 1. The maximum Gasteiger partial charge on any atom is 0.239 e. The molecule has 1 aliphatic rings. The SMILES string of the molecule is CC1CCC(CNc2ccc(N)c(OC(C)C)n2)C1. The maximum absolute atomic E-state index is 5.86. The fourth-order valence-corrected chi connectivity index (χ4v) is 2.63. The van der Waals surface area contributed by atoms with Crippen molar-refractivity contribution >= 4 is 11.5 Å². The summed E-state index contributed by atoms with van der Waals surface area (Å²) in [4.78, 5) is 4.43. The number of nitrogens with one attached hydrogen (secondary N) is 1. The number of nitrogen functional groups attached to an aromatic ring is 1. The highest BCUT2D eigenvalue weighted by Gasteiger charge is 2.21. The van der Waals surface area contributed by atoms with Gasteiger partial charge in [-0.25, -0.2) is 0 Å². The summed E-state index contributed by atoms with van der Waals surface area (Å²) in [6.07, 6.45) is 4.07. The van der Waals surface area contributed by atoms with Crippen LogP contribution >= 0.6 is 0 Å². The first-order valence-electron chi connectivity index (χ1n) is 7.21. The van der Waals surface area contributed by atoms with Crippen LogP contribution in [-0.2, 0) is 0 Å². The van der Waals surface area contributed by atoms with E-state index in [4.69, 9.17) is 10.5 Å². The van der Waals surface area contributed by atoms with Crippen LogP contribution in [0.1, 0.15) is 40.0 Å². The molecule has 2 atom stereocenters. The molecule has 4 heteroatoms. The molecule has 1 aliphatic carbocycles. The minimum Gasteiger partial charge on any atom is -0.473 e. The highest BCUT2D eigenvalue weighted by atomic mass is 16.5. The monoisotopic (exact) mass is 263 g/mol. The zero-order chi connectivity index (χ0) is 13.8. The van der Waals surface area contributed by atoms with Gasteiger partial charge in [0.15, 0.2) is 0 Å². The fraction of sp³-hybridized carbons (Fsp3) is 0.667. The van der Waals surface area contributed by atoms with Crippen LogP contribution in [0.2, 0.25) is 0 Å². The number of hydrogen-bond acceptors (Lipinski definition) is 4. The Balaban J connectivity index is 1.93. The third-order valence-electron chi connectivity index (χ3n) is 3.61. The van der Waals surface area contributed by atoms with Crippen molar-refractivity contribution in [3.8, 4) is 5.88 Å². The van der Waals surface area contributed by atoms with Crippen molar-refractivity contribution in [3.63, 3.8) is 0 Å². The van der Waals surface area contributed by atoms with Crippen LogP contribution in [0.15, 0.2) is 12.1 Å². The molecule has 0 aliphatic heterocycles. The average Bonchev–Trinajstić information content (AvgIpc) is 2.75. The largest absolute Gasteiger partial charge is 0.473 e. The van der Waals surface area contributed by atoms with Gasteiger partial charge in [-0.05, 0) is 50.7 Å². The lowest BCUT2D eigenvalue weighted by Gasteiger charge is -2.15. The summed E-state index contributed by atoms with van der Waals surface area (Å²) in [6, 6.07) is 3.77. The van der Waals surface area contributed by atoms with E-state index in [1.807, 2.05) is 26.0 Å². The van der Waals surface area contributed by atoms with Crippen LogP contribution in [-0.4, -0.2) is 17.6 Å². The molecule has 0 saturated heterocycles. The number of aromatic nitrogens is 1. The van der Waals surface area contributed by atoms with E-state index < -0.39 is 0 Å². The quantitative estimate of drug-likeness (QED) is 0.855. The summed E-state index contributed by atoms with van der Waals surface area (Å²) in [5.41, 5.74) is 6.45. The Morgan fingerprint density at radius 2 is 2.21 bits per heavy atom. The molecule has 1 aromatic rings. The number of hydrogen-bond donors (Lipinski definition) is 2. The highest BCUT2D eigenvalue weighted by Crippen LogP contribution is 2.30. The Labute approximate surface area is 115 Å². The Kier molecular flexibility index (Phi) is 4.51. The maximum atomic E-state index is 5.86. The van der Waals surface area contributed by atoms with Gasteiger partial charge < -0.3 is 15.8 Å². The summed E-state index contributed by atoms with van der Waals surface area (Å²) in [7, 11) is 0. The van der Waals surface area contributed by atoms with Gasteiger partial charge in [0, 0.05) is 6.54 Å². The first-order chi connectivity index (χ1) is 9.04. The molecule has 19 heavy (non-hydrogen) atoms. The second kappa shape index (κ2) is 6.13. The molecule has 1 heterocycles. The predicted octanol–water partition coefficient (Wildman–Crippen LogP) is 3.30. The lowest BCUT2D eigenvalue weighted by Crippen LogP contribution is -2.14. The highest BCUT2D eigenvalue weighted by molar-refractivity contribution is 5.53. The van der Waals surface area contributed by atoms with Crippen molar-refractivity contribution in [1.29, 1.82) is 0 Å². The van der Waals surface area contributed by atoms with Gasteiger partial charge in [-0.1, -0.05) is 13.3 Å². The summed E-state index contributed by atoms with van der Waals surface area (Å²) < 4.78 is 5.60. The Morgan fingerprint density at radius 3 is 2.84 bits per heavy atom. The van der Waals surface area contributed by atoms with Crippen LogP contribution in [0.5, 0.6) is 5.88 Å². The van der Waals surface area contributed by atoms with Crippen molar-refractivity contribution in [3.05, 3.63) is 12.1 Å². The van der Waals surface area contributed by atoms with Crippen LogP contribution in [0, 0.1) is 11.8 Å². The smallest absolute Gasteiger partial charge is 0.239 e. The first kappa shape index (κ1) is 14.0. The Hall–Kier alpha value is -1.45. The molecule has 2 unspecified atom stereocenters. The van der Waals surface area contributed by atoms with E-state index in [9.17, 15) is 0 Å². The molecular weight excluding hydrogens is 238 g/mol. The van der Waals surface area contributed by atoms with E-state index in [2.05, 4.69) is 17.2 Å². The molecule has 1 aromatic heterocycles. The molecule has 0 amide bonds. The molecule has 1 saturated carbocycles. The number of pyridine rings is 1. The lowest BCUT2D eigenvalue weighted by molar-refractivity contribution is 0.234. The molecule has 0 aromatic carbocycles. The van der Waals surface area contributed by atoms with Gasteiger partial charge in [0.1, 0.15) is 5.82 Å². The van der Waals surface area contributed by atoms with E-state index in [0.29, 0.717) is 11.6 Å². The zero-order valence-electron chi connectivity index (χ0n) is 12.1. The molecule has 106 valence electrons. The van der Waals surface area contributed by atoms with Gasteiger partial charge in [0.25, 0.3) is 0 Å². The minimum atomic E-state index is 0.0840. The minimum absolute atomic E-state index is 0.0840. The number of ether oxygens (including phenoxy) is 1. The van der Waals surface area contributed by atoms with Gasteiger partial charge in [0.05, 0.1) is 11.8 Å². The van der Waals surface area contributed by atoms with Gasteiger partial charge >= 0.3 is 0 Å². The molecule has 1 fully saturated rings. The van der Waals surface area contributed by atoms with Crippen LogP contribution < -0.4 is 15.8 Å². The van der Waals surface area contributed by atoms with Gasteiger partial charge in [-0.3, -0.25) is 0 Å². The molecule has 0 radical (unpaired) electrons. The number of nitrogens with two attached hydrogens (primary N) is 1. The van der Waals surface area contributed by atoms with Gasteiger partial charge in [0.2, 0.25) is 5.88 Å². The van der Waals surface area contributed by atoms with Gasteiger partial charge in [-0.15, -0.1) is 0 Å². The lowest BCUT2D eigenvalue weighted by atomic mass is 10.1. The summed E-state index contributed by atoms with van der Waals surface area (Å²) in [5.74, 6) is 3.01. The topological polar surface area (TPSA) is 60.2 Å². The number of anilines is 2. The van der Waals surface area contributed by atoms with Crippen LogP contribution in [0.4, 0.5) is 11.5 Å². The molecule has 0 spiro atoms. The van der Waals surface area contributed by atoms with Crippen LogP contribution in [0.25, 0.3) is 0 Å². The van der Waals surface area contributed by atoms with Crippen LogP contribution in [0.3, 0.4) is 0 Å². The van der Waals surface area contributed by atoms with E-state index in [0.717, 1.165) is 24.2 Å². The summed E-state index contributed by atoms with van der Waals surface area (Å²) in [5, 5.41) is 3.40. The van der Waals surface area contributed by atoms with Crippen molar-refractivity contribution in [1.82, 2.24) is 4.98 Å². The molecule has 2 rings (SSSR count). The van der Waals surface area contributed by atoms with E-state index in [-0.39, 0.29) is 6.10 Å². The Morgan fingerprint density at radius 1 is 1.42 bits per heavy atom. The van der Waals surface area contributed by atoms with E-state index in [1.165, 1.54) is 19.3 Å². The second-order valence-corrected chi connectivity index (χ2v) is 5.92. The van der Waals surface area contributed by atoms with Crippen molar-refractivity contribution < 1.29 is 4.74 Å². The van der Waals surface area contributed by atoms with E-state index in [1.54, 1.807) is 0 Å². The normalized spacial score (nSPS) is 22.7. The predicted molar refractivity (Wildman–Crippen MR) is 79.4 cm³/mol. The third-order valence-corrected chi connectivity index (χ3v) is 3.61. The standard InChI is InChI=1S/C15H25N3O/c1-10(2)19-15-13(16)6-7-14(18-15)17-9-12-5-4-11(3)8-12/h6-7,10-12H,4-5,8-9,16H2,1-3H3,(H,17,18). The fourth-order valence-electron chi connectivity index (χ4n) is 2.63. The van der Waals surface area contributed by atoms with E-state index >= 15 is 0 Å². The zero-order valence-corrected chi connectivity index (χ0v) is 12.1. The average molecular weight is 263 g/mol. The molecular formula is C15H25N3O. The molecule has 3 N–H and O–H groups in total. The second-order valence-electron chi connectivity index (χ2n) is 5.92. The van der Waals surface area contributed by atoms with Crippen molar-refractivity contribution in [2.45, 2.75) is 46.1 Å². The summed E-state index contributed by atoms with van der Waals surface area (Å²) >= 11 is 0. The van der Waals surface area contributed by atoms with Crippen molar-refractivity contribution in [2.24, 2.45) is 11.8 Å². The molecule has 0 bridgehead atoms. The molecule has 4 nitrogen and oxygen atoms in total. The van der Waals surface area contributed by atoms with Gasteiger partial charge in [-0.2, -0.15) is 4.98 Å². The first-order valence-corrected chi connectivity index (χ1v) is 7.21. The number of rotatable bonds is 5. The third kappa shape index (κ3) is 4.01. The summed E-state index contributed by atoms with van der Waals surface area (Å²) in [6.45, 7) is 7.26. The van der Waals surface area contributed by atoms with Crippen molar-refractivity contribution in [2.75, 3.05) is 17.6 Å². The Bertz CT molecular complexity index is 420.